The summed E-state index contributed by atoms with van der Waals surface area (Å²) in [5, 5.41) is 0. The number of methoxy groups -OCH3 is 2. The van der Waals surface area contributed by atoms with E-state index in [1.54, 1.807) is 14.2 Å². The van der Waals surface area contributed by atoms with Crippen LogP contribution in [0.5, 0.6) is 11.5 Å². The smallest absolute Gasteiger partial charge is 0.164 e. The van der Waals surface area contributed by atoms with Gasteiger partial charge in [0.25, 0.3) is 0 Å². The zero-order valence-corrected chi connectivity index (χ0v) is 9.25. The van der Waals surface area contributed by atoms with Crippen molar-refractivity contribution in [3.8, 4) is 11.5 Å². The first kappa shape index (κ1) is 10.3. The fourth-order valence-electron chi connectivity index (χ4n) is 2.37. The fraction of sp³-hybridized carbons (Fsp3) is 0.500. The Bertz CT molecular complexity index is 363. The van der Waals surface area contributed by atoms with Gasteiger partial charge in [0.05, 0.1) is 14.2 Å². The van der Waals surface area contributed by atoms with Gasteiger partial charge in [-0.05, 0) is 36.9 Å². The molecular weight excluding hydrogens is 190 g/mol. The monoisotopic (exact) mass is 207 g/mol. The third-order valence-electron chi connectivity index (χ3n) is 3.15. The van der Waals surface area contributed by atoms with Crippen LogP contribution < -0.4 is 15.2 Å². The Kier molecular flexibility index (Phi) is 2.82. The first-order valence-electron chi connectivity index (χ1n) is 5.25. The Balaban J connectivity index is 2.48. The molecule has 0 radical (unpaired) electrons. The highest BCUT2D eigenvalue weighted by Gasteiger charge is 2.26. The summed E-state index contributed by atoms with van der Waals surface area (Å²) in [6.07, 6.45) is 2.16. The second-order valence-electron chi connectivity index (χ2n) is 3.84. The molecule has 1 unspecified atom stereocenters. The van der Waals surface area contributed by atoms with Crippen molar-refractivity contribution in [3.63, 3.8) is 0 Å². The van der Waals surface area contributed by atoms with E-state index >= 15 is 0 Å². The molecule has 0 spiro atoms. The van der Waals surface area contributed by atoms with Gasteiger partial charge in [-0.3, -0.25) is 0 Å². The van der Waals surface area contributed by atoms with Gasteiger partial charge < -0.3 is 15.2 Å². The van der Waals surface area contributed by atoms with E-state index in [1.807, 2.05) is 6.07 Å². The summed E-state index contributed by atoms with van der Waals surface area (Å²) >= 11 is 0. The van der Waals surface area contributed by atoms with Crippen molar-refractivity contribution in [2.75, 3.05) is 20.8 Å². The zero-order chi connectivity index (χ0) is 10.8. The lowest BCUT2D eigenvalue weighted by atomic mass is 10.0. The summed E-state index contributed by atoms with van der Waals surface area (Å²) in [7, 11) is 3.35. The molecule has 0 aliphatic heterocycles. The molecule has 0 bridgehead atoms. The lowest BCUT2D eigenvalue weighted by Crippen LogP contribution is -2.09. The van der Waals surface area contributed by atoms with Crippen molar-refractivity contribution < 1.29 is 9.47 Å². The van der Waals surface area contributed by atoms with E-state index in [0.717, 1.165) is 24.3 Å². The zero-order valence-electron chi connectivity index (χ0n) is 9.25. The summed E-state index contributed by atoms with van der Waals surface area (Å²) in [4.78, 5) is 0. The predicted molar refractivity (Wildman–Crippen MR) is 59.7 cm³/mol. The van der Waals surface area contributed by atoms with Gasteiger partial charge in [-0.15, -0.1) is 0 Å². The first-order chi connectivity index (χ1) is 7.31. The Labute approximate surface area is 90.2 Å². The summed E-state index contributed by atoms with van der Waals surface area (Å²) in [6.45, 7) is 0.711. The highest BCUT2D eigenvalue weighted by Crippen LogP contribution is 2.42. The van der Waals surface area contributed by atoms with Crippen molar-refractivity contribution in [2.45, 2.75) is 18.8 Å². The van der Waals surface area contributed by atoms with Crippen molar-refractivity contribution in [2.24, 2.45) is 5.73 Å². The molecule has 2 rings (SSSR count). The van der Waals surface area contributed by atoms with E-state index in [-0.39, 0.29) is 0 Å². The van der Waals surface area contributed by atoms with Gasteiger partial charge in [0.2, 0.25) is 0 Å². The summed E-state index contributed by atoms with van der Waals surface area (Å²) < 4.78 is 10.7. The van der Waals surface area contributed by atoms with E-state index in [9.17, 15) is 0 Å². The molecule has 1 atom stereocenters. The maximum atomic E-state index is 5.74. The van der Waals surface area contributed by atoms with Gasteiger partial charge in [-0.25, -0.2) is 0 Å². The van der Waals surface area contributed by atoms with Crippen molar-refractivity contribution in [1.82, 2.24) is 0 Å². The number of nitrogens with two attached hydrogens (primary N) is 1. The number of hydrogen-bond donors (Lipinski definition) is 1. The van der Waals surface area contributed by atoms with Crippen LogP contribution in [0.15, 0.2) is 12.1 Å². The molecule has 0 heterocycles. The standard InChI is InChI=1S/C12H17NO2/c1-14-11-6-5-9-8(7-13)3-4-10(9)12(11)15-2/h5-6,8H,3-4,7,13H2,1-2H3. The predicted octanol–water partition coefficient (Wildman–Crippen LogP) is 1.69. The second kappa shape index (κ2) is 4.11. The van der Waals surface area contributed by atoms with Crippen molar-refractivity contribution >= 4 is 0 Å². The van der Waals surface area contributed by atoms with E-state index in [0.29, 0.717) is 12.5 Å². The molecule has 2 N–H and O–H groups in total. The molecule has 3 heteroatoms. The minimum atomic E-state index is 0.486. The second-order valence-corrected chi connectivity index (χ2v) is 3.84. The van der Waals surface area contributed by atoms with Gasteiger partial charge in [0.1, 0.15) is 0 Å². The quantitative estimate of drug-likeness (QED) is 0.820. The van der Waals surface area contributed by atoms with Gasteiger partial charge in [0.15, 0.2) is 11.5 Å². The molecule has 15 heavy (non-hydrogen) atoms. The van der Waals surface area contributed by atoms with Gasteiger partial charge in [-0.2, -0.15) is 0 Å². The van der Waals surface area contributed by atoms with E-state index < -0.39 is 0 Å². The van der Waals surface area contributed by atoms with E-state index in [4.69, 9.17) is 15.2 Å². The van der Waals surface area contributed by atoms with Crippen molar-refractivity contribution in [1.29, 1.82) is 0 Å². The maximum Gasteiger partial charge on any atom is 0.164 e. The average molecular weight is 207 g/mol. The average Bonchev–Trinajstić information content (AvgIpc) is 2.70. The summed E-state index contributed by atoms with van der Waals surface area (Å²) in [5.74, 6) is 2.18. The maximum absolute atomic E-state index is 5.74. The van der Waals surface area contributed by atoms with Gasteiger partial charge >= 0.3 is 0 Å². The highest BCUT2D eigenvalue weighted by molar-refractivity contribution is 5.54. The molecule has 0 fully saturated rings. The molecule has 0 saturated heterocycles. The molecule has 0 saturated carbocycles. The lowest BCUT2D eigenvalue weighted by molar-refractivity contribution is 0.352. The van der Waals surface area contributed by atoms with E-state index in [2.05, 4.69) is 6.07 Å². The molecule has 0 amide bonds. The molecule has 3 nitrogen and oxygen atoms in total. The first-order valence-corrected chi connectivity index (χ1v) is 5.25. The van der Waals surface area contributed by atoms with Crippen molar-refractivity contribution in [3.05, 3.63) is 23.3 Å². The Morgan fingerprint density at radius 1 is 1.33 bits per heavy atom. The van der Waals surface area contributed by atoms with Crippen LogP contribution in [0.4, 0.5) is 0 Å². The highest BCUT2D eigenvalue weighted by atomic mass is 16.5. The minimum absolute atomic E-state index is 0.486. The molecule has 1 aromatic rings. The molecule has 1 aliphatic carbocycles. The van der Waals surface area contributed by atoms with Crippen LogP contribution in [-0.2, 0) is 6.42 Å². The van der Waals surface area contributed by atoms with Crippen LogP contribution in [0.25, 0.3) is 0 Å². The van der Waals surface area contributed by atoms with Gasteiger partial charge in [-0.1, -0.05) is 6.07 Å². The molecule has 1 aliphatic rings. The number of benzene rings is 1. The van der Waals surface area contributed by atoms with Gasteiger partial charge in [0, 0.05) is 5.56 Å². The van der Waals surface area contributed by atoms with Crippen LogP contribution >= 0.6 is 0 Å². The van der Waals surface area contributed by atoms with Crippen LogP contribution in [0.3, 0.4) is 0 Å². The van der Waals surface area contributed by atoms with Crippen LogP contribution in [0.2, 0.25) is 0 Å². The SMILES string of the molecule is COc1ccc2c(c1OC)CCC2CN. The number of rotatable bonds is 3. The number of hydrogen-bond acceptors (Lipinski definition) is 3. The molecule has 82 valence electrons. The Hall–Kier alpha value is -1.22. The Morgan fingerprint density at radius 2 is 2.13 bits per heavy atom. The van der Waals surface area contributed by atoms with Crippen LogP contribution in [0, 0.1) is 0 Å². The Morgan fingerprint density at radius 3 is 2.73 bits per heavy atom. The molecular formula is C12H17NO2. The number of ether oxygens (including phenoxy) is 2. The third kappa shape index (κ3) is 1.57. The van der Waals surface area contributed by atoms with E-state index in [1.165, 1.54) is 11.1 Å². The molecule has 0 aromatic heterocycles. The summed E-state index contributed by atoms with van der Waals surface area (Å²) in [5.41, 5.74) is 8.34. The summed E-state index contributed by atoms with van der Waals surface area (Å²) in [6, 6.07) is 4.08. The van der Waals surface area contributed by atoms with Crippen LogP contribution in [-0.4, -0.2) is 20.8 Å². The third-order valence-corrected chi connectivity index (χ3v) is 3.15. The molecule has 1 aromatic carbocycles. The number of fused-ring (bicyclic) bond motifs is 1. The lowest BCUT2D eigenvalue weighted by Gasteiger charge is -2.13. The normalized spacial score (nSPS) is 18.7. The largest absolute Gasteiger partial charge is 0.493 e. The topological polar surface area (TPSA) is 44.5 Å². The fourth-order valence-corrected chi connectivity index (χ4v) is 2.37. The minimum Gasteiger partial charge on any atom is -0.493 e. The van der Waals surface area contributed by atoms with Crippen LogP contribution in [0.1, 0.15) is 23.5 Å².